The first-order chi connectivity index (χ1) is 15.0. The van der Waals surface area contributed by atoms with Crippen LogP contribution in [0.25, 0.3) is 0 Å². The van der Waals surface area contributed by atoms with E-state index in [1.54, 1.807) is 6.26 Å². The summed E-state index contributed by atoms with van der Waals surface area (Å²) in [7, 11) is 0. The molecule has 1 N–H and O–H groups in total. The van der Waals surface area contributed by atoms with Crippen LogP contribution in [-0.2, 0) is 28.5 Å². The molecule has 0 bridgehead atoms. The number of carbonyl (C=O) groups excluding carboxylic acids is 4. The minimum Gasteiger partial charge on any atom is -0.428 e. The van der Waals surface area contributed by atoms with Crippen LogP contribution in [0.5, 0.6) is 0 Å². The molecule has 0 spiro atoms. The SMILES string of the molecule is CSC(=NC(=O)OCOC(=O)C1CCCCC1)NC(=O)OCOC(=O)C1CCCCC1. The number of nitrogens with one attached hydrogen (secondary N) is 1. The van der Waals surface area contributed by atoms with Gasteiger partial charge in [0.05, 0.1) is 11.8 Å². The van der Waals surface area contributed by atoms with Gasteiger partial charge < -0.3 is 18.9 Å². The average molecular weight is 459 g/mol. The van der Waals surface area contributed by atoms with Crippen molar-refractivity contribution in [3.8, 4) is 0 Å². The van der Waals surface area contributed by atoms with Gasteiger partial charge in [-0.3, -0.25) is 14.9 Å². The topological polar surface area (TPSA) is 130 Å². The largest absolute Gasteiger partial charge is 0.438 e. The molecule has 2 aliphatic rings. The van der Waals surface area contributed by atoms with Gasteiger partial charge in [-0.25, -0.2) is 9.59 Å². The highest BCUT2D eigenvalue weighted by molar-refractivity contribution is 8.13. The zero-order chi connectivity index (χ0) is 22.5. The number of ether oxygens (including phenoxy) is 4. The maximum absolute atomic E-state index is 11.9. The number of amides is 2. The highest BCUT2D eigenvalue weighted by Gasteiger charge is 2.24. The Morgan fingerprint density at radius 1 is 0.774 bits per heavy atom. The minimum atomic E-state index is -1.02. The van der Waals surface area contributed by atoms with Crippen LogP contribution < -0.4 is 5.32 Å². The van der Waals surface area contributed by atoms with Crippen molar-refractivity contribution in [2.75, 3.05) is 19.8 Å². The lowest BCUT2D eigenvalue weighted by Gasteiger charge is -2.19. The van der Waals surface area contributed by atoms with E-state index in [4.69, 9.17) is 18.9 Å². The summed E-state index contributed by atoms with van der Waals surface area (Å²) in [6.07, 6.45) is 8.95. The second kappa shape index (κ2) is 13.9. The van der Waals surface area contributed by atoms with Crippen molar-refractivity contribution in [3.63, 3.8) is 0 Å². The summed E-state index contributed by atoms with van der Waals surface area (Å²) in [5, 5.41) is 2.18. The molecule has 174 valence electrons. The third kappa shape index (κ3) is 9.58. The predicted octanol–water partition coefficient (Wildman–Crippen LogP) is 3.73. The number of alkyl carbamates (subject to hydrolysis) is 1. The second-order valence-corrected chi connectivity index (χ2v) is 8.22. The number of carbonyl (C=O) groups is 4. The zero-order valence-electron chi connectivity index (χ0n) is 17.8. The third-order valence-corrected chi connectivity index (χ3v) is 5.83. The number of aliphatic imine (C=N–C) groups is 1. The molecule has 0 aromatic heterocycles. The number of esters is 2. The molecule has 2 rings (SSSR count). The predicted molar refractivity (Wildman–Crippen MR) is 112 cm³/mol. The smallest absolute Gasteiger partial charge is 0.428 e. The molecule has 0 aromatic rings. The second-order valence-electron chi connectivity index (χ2n) is 7.42. The van der Waals surface area contributed by atoms with Crippen LogP contribution in [-0.4, -0.2) is 49.1 Å². The Kier molecular flexibility index (Phi) is 11.2. The number of rotatable bonds is 6. The van der Waals surface area contributed by atoms with Crippen LogP contribution >= 0.6 is 11.8 Å². The Balaban J connectivity index is 1.63. The number of nitrogens with zero attached hydrogens (tertiary/aromatic N) is 1. The Morgan fingerprint density at radius 2 is 1.26 bits per heavy atom. The van der Waals surface area contributed by atoms with E-state index in [9.17, 15) is 19.2 Å². The lowest BCUT2D eigenvalue weighted by atomic mass is 9.89. The van der Waals surface area contributed by atoms with Crippen molar-refractivity contribution in [2.45, 2.75) is 64.2 Å². The Labute approximate surface area is 185 Å². The summed E-state index contributed by atoms with van der Waals surface area (Å²) in [4.78, 5) is 50.9. The third-order valence-electron chi connectivity index (χ3n) is 5.25. The van der Waals surface area contributed by atoms with Gasteiger partial charge in [0.15, 0.2) is 5.17 Å². The molecule has 0 radical (unpaired) electrons. The van der Waals surface area contributed by atoms with Gasteiger partial charge in [-0.05, 0) is 31.9 Å². The summed E-state index contributed by atoms with van der Waals surface area (Å²) < 4.78 is 19.5. The molecular weight excluding hydrogens is 428 g/mol. The first kappa shape index (κ1) is 25.0. The molecule has 0 unspecified atom stereocenters. The number of amidine groups is 1. The zero-order valence-corrected chi connectivity index (χ0v) is 18.6. The molecule has 2 saturated carbocycles. The molecule has 2 fully saturated rings. The first-order valence-corrected chi connectivity index (χ1v) is 11.8. The molecule has 10 nitrogen and oxygen atoms in total. The maximum Gasteiger partial charge on any atom is 0.438 e. The van der Waals surface area contributed by atoms with Gasteiger partial charge in [0, 0.05) is 0 Å². The fraction of sp³-hybridized carbons (Fsp3) is 0.750. The van der Waals surface area contributed by atoms with Crippen molar-refractivity contribution in [3.05, 3.63) is 0 Å². The number of thioether (sulfide) groups is 1. The van der Waals surface area contributed by atoms with Crippen LogP contribution in [0.1, 0.15) is 64.2 Å². The highest BCUT2D eigenvalue weighted by atomic mass is 32.2. The molecule has 0 aliphatic heterocycles. The van der Waals surface area contributed by atoms with Gasteiger partial charge in [0.1, 0.15) is 0 Å². The van der Waals surface area contributed by atoms with Gasteiger partial charge >= 0.3 is 24.1 Å². The van der Waals surface area contributed by atoms with Gasteiger partial charge in [-0.2, -0.15) is 4.99 Å². The summed E-state index contributed by atoms with van der Waals surface area (Å²) >= 11 is 0.973. The molecule has 31 heavy (non-hydrogen) atoms. The van der Waals surface area contributed by atoms with Gasteiger partial charge in [-0.1, -0.05) is 50.3 Å². The quantitative estimate of drug-likeness (QED) is 0.274. The lowest BCUT2D eigenvalue weighted by Crippen LogP contribution is -2.31. The van der Waals surface area contributed by atoms with Crippen LogP contribution in [0.3, 0.4) is 0 Å². The lowest BCUT2D eigenvalue weighted by molar-refractivity contribution is -0.158. The molecule has 2 amide bonds. The van der Waals surface area contributed by atoms with Gasteiger partial charge in [-0.15, -0.1) is 0 Å². The highest BCUT2D eigenvalue weighted by Crippen LogP contribution is 2.25. The summed E-state index contributed by atoms with van der Waals surface area (Å²) in [6.45, 7) is -1.06. The molecule has 0 saturated heterocycles. The standard InChI is InChI=1S/C20H30N2O8S/c1-31-18(21-19(25)29-12-27-16(23)14-8-4-2-5-9-14)22-20(26)30-13-28-17(24)15-10-6-3-7-11-15/h14-15H,2-13H2,1H3,(H,21,22,25,26). The van der Waals surface area contributed by atoms with Crippen LogP contribution in [0, 0.1) is 11.8 Å². The Hall–Kier alpha value is -2.30. The number of hydrogen-bond donors (Lipinski definition) is 1. The fourth-order valence-corrected chi connectivity index (χ4v) is 3.91. The van der Waals surface area contributed by atoms with Gasteiger partial charge in [0.2, 0.25) is 13.6 Å². The molecular formula is C20H30N2O8S. The average Bonchev–Trinajstić information content (AvgIpc) is 2.79. The van der Waals surface area contributed by atoms with Crippen molar-refractivity contribution >= 4 is 41.1 Å². The van der Waals surface area contributed by atoms with E-state index in [0.717, 1.165) is 76.0 Å². The van der Waals surface area contributed by atoms with E-state index in [2.05, 4.69) is 10.3 Å². The summed E-state index contributed by atoms with van der Waals surface area (Å²) in [5.74, 6) is -1.06. The molecule has 0 heterocycles. The number of hydrogen-bond acceptors (Lipinski definition) is 9. The summed E-state index contributed by atoms with van der Waals surface area (Å²) in [6, 6.07) is 0. The first-order valence-electron chi connectivity index (χ1n) is 10.6. The fourth-order valence-electron chi connectivity index (χ4n) is 3.55. The van der Waals surface area contributed by atoms with E-state index in [-0.39, 0.29) is 28.9 Å². The molecule has 0 aromatic carbocycles. The van der Waals surface area contributed by atoms with Crippen molar-refractivity contribution in [1.29, 1.82) is 0 Å². The van der Waals surface area contributed by atoms with E-state index in [1.165, 1.54) is 0 Å². The van der Waals surface area contributed by atoms with E-state index < -0.39 is 25.8 Å². The molecule has 0 atom stereocenters. The van der Waals surface area contributed by atoms with Gasteiger partial charge in [0.25, 0.3) is 0 Å². The van der Waals surface area contributed by atoms with Crippen molar-refractivity contribution in [2.24, 2.45) is 16.8 Å². The monoisotopic (exact) mass is 458 g/mol. The van der Waals surface area contributed by atoms with E-state index >= 15 is 0 Å². The van der Waals surface area contributed by atoms with Crippen molar-refractivity contribution in [1.82, 2.24) is 5.32 Å². The van der Waals surface area contributed by atoms with Crippen LogP contribution in [0.2, 0.25) is 0 Å². The Bertz CT molecular complexity index is 658. The van der Waals surface area contributed by atoms with Crippen LogP contribution in [0.4, 0.5) is 9.59 Å². The van der Waals surface area contributed by atoms with E-state index in [1.807, 2.05) is 0 Å². The van der Waals surface area contributed by atoms with Crippen molar-refractivity contribution < 1.29 is 38.1 Å². The normalized spacial score (nSPS) is 18.0. The maximum atomic E-state index is 11.9. The molecule has 11 heteroatoms. The van der Waals surface area contributed by atoms with Crippen LogP contribution in [0.15, 0.2) is 4.99 Å². The summed E-state index contributed by atoms with van der Waals surface area (Å²) in [5.41, 5.74) is 0. The molecule has 2 aliphatic carbocycles. The Morgan fingerprint density at radius 3 is 1.74 bits per heavy atom. The minimum absolute atomic E-state index is 0.0767. The van der Waals surface area contributed by atoms with E-state index in [0.29, 0.717) is 0 Å².